The van der Waals surface area contributed by atoms with Crippen LogP contribution in [-0.2, 0) is 0 Å². The second kappa shape index (κ2) is 15.4. The van der Waals surface area contributed by atoms with Crippen molar-refractivity contribution >= 4 is 86.9 Å². The average Bonchev–Trinajstić information content (AvgIpc) is 3.02. The summed E-state index contributed by atoms with van der Waals surface area (Å²) in [6.45, 7) is 1.85. The SMILES string of the molecule is Cc1ccccc1C(=O)Nc1cc(NC(=O)c2ccc(Cl)nc2)ccc1Cl.Nc1cc(NC(=O)c2ccc(Cl)nc2)ccc1Cl. The van der Waals surface area contributed by atoms with Gasteiger partial charge in [0.05, 0.1) is 32.5 Å². The number of hydrogen-bond acceptors (Lipinski definition) is 6. The van der Waals surface area contributed by atoms with Gasteiger partial charge in [-0.05, 0) is 79.2 Å². The van der Waals surface area contributed by atoms with Gasteiger partial charge in [0.25, 0.3) is 17.7 Å². The van der Waals surface area contributed by atoms with Crippen LogP contribution in [0.3, 0.4) is 0 Å². The zero-order valence-corrected chi connectivity index (χ0v) is 26.5. The molecule has 3 aromatic carbocycles. The number of nitrogen functional groups attached to an aromatic ring is 1. The van der Waals surface area contributed by atoms with Gasteiger partial charge in [-0.25, -0.2) is 9.97 Å². The fourth-order valence-electron chi connectivity index (χ4n) is 3.76. The second-order valence-electron chi connectivity index (χ2n) is 9.35. The van der Waals surface area contributed by atoms with E-state index in [0.29, 0.717) is 59.8 Å². The predicted molar refractivity (Wildman–Crippen MR) is 181 cm³/mol. The van der Waals surface area contributed by atoms with Crippen LogP contribution >= 0.6 is 46.4 Å². The highest BCUT2D eigenvalue weighted by atomic mass is 35.5. The van der Waals surface area contributed by atoms with E-state index in [9.17, 15) is 14.4 Å². The first-order valence-electron chi connectivity index (χ1n) is 13.1. The molecule has 0 unspecified atom stereocenters. The second-order valence-corrected chi connectivity index (χ2v) is 10.9. The molecule has 0 radical (unpaired) electrons. The van der Waals surface area contributed by atoms with E-state index in [-0.39, 0.29) is 17.7 Å². The summed E-state index contributed by atoms with van der Waals surface area (Å²) in [6.07, 6.45) is 2.78. The molecule has 0 aliphatic heterocycles. The largest absolute Gasteiger partial charge is 0.397 e. The summed E-state index contributed by atoms with van der Waals surface area (Å²) in [6, 6.07) is 23.2. The molecule has 3 amide bonds. The van der Waals surface area contributed by atoms with Crippen LogP contribution in [0.25, 0.3) is 0 Å². The van der Waals surface area contributed by atoms with Gasteiger partial charge in [0.15, 0.2) is 0 Å². The van der Waals surface area contributed by atoms with Crippen LogP contribution < -0.4 is 21.7 Å². The van der Waals surface area contributed by atoms with Crippen molar-refractivity contribution in [2.45, 2.75) is 6.92 Å². The average molecular weight is 682 g/mol. The number of aryl methyl sites for hydroxylation is 1. The fraction of sp³-hybridized carbons (Fsp3) is 0.0312. The van der Waals surface area contributed by atoms with E-state index >= 15 is 0 Å². The number of aromatic nitrogens is 2. The molecule has 45 heavy (non-hydrogen) atoms. The Morgan fingerprint density at radius 2 is 1.16 bits per heavy atom. The molecule has 2 heterocycles. The van der Waals surface area contributed by atoms with Crippen molar-refractivity contribution in [1.82, 2.24) is 9.97 Å². The molecule has 0 saturated heterocycles. The van der Waals surface area contributed by atoms with Gasteiger partial charge in [-0.15, -0.1) is 0 Å². The summed E-state index contributed by atoms with van der Waals surface area (Å²) in [7, 11) is 0. The van der Waals surface area contributed by atoms with Crippen LogP contribution in [-0.4, -0.2) is 27.7 Å². The minimum Gasteiger partial charge on any atom is -0.397 e. The highest BCUT2D eigenvalue weighted by molar-refractivity contribution is 6.34. The lowest BCUT2D eigenvalue weighted by Crippen LogP contribution is -2.15. The molecule has 0 atom stereocenters. The summed E-state index contributed by atoms with van der Waals surface area (Å²) >= 11 is 23.3. The topological polar surface area (TPSA) is 139 Å². The van der Waals surface area contributed by atoms with E-state index in [1.165, 1.54) is 18.5 Å². The smallest absolute Gasteiger partial charge is 0.257 e. The van der Waals surface area contributed by atoms with Gasteiger partial charge in [0.1, 0.15) is 10.3 Å². The molecule has 0 bridgehead atoms. The number of benzene rings is 3. The maximum atomic E-state index is 12.5. The van der Waals surface area contributed by atoms with E-state index < -0.39 is 0 Å². The van der Waals surface area contributed by atoms with Gasteiger partial charge >= 0.3 is 0 Å². The molecule has 0 spiro atoms. The zero-order valence-electron chi connectivity index (χ0n) is 23.4. The number of amides is 3. The normalized spacial score (nSPS) is 10.2. The number of carbonyl (C=O) groups excluding carboxylic acids is 3. The van der Waals surface area contributed by atoms with E-state index in [0.717, 1.165) is 5.56 Å². The first kappa shape index (κ1) is 33.2. The number of nitrogens with one attached hydrogen (secondary N) is 3. The molecule has 9 nitrogen and oxygen atoms in total. The zero-order chi connectivity index (χ0) is 32.5. The number of carbonyl (C=O) groups is 3. The first-order valence-corrected chi connectivity index (χ1v) is 14.6. The Balaban J connectivity index is 0.000000222. The lowest BCUT2D eigenvalue weighted by molar-refractivity contribution is 0.101. The van der Waals surface area contributed by atoms with Gasteiger partial charge in [-0.1, -0.05) is 64.6 Å². The molecular weight excluding hydrogens is 658 g/mol. The van der Waals surface area contributed by atoms with Crippen LogP contribution in [0.15, 0.2) is 97.3 Å². The van der Waals surface area contributed by atoms with E-state index in [1.54, 1.807) is 66.7 Å². The third-order valence-electron chi connectivity index (χ3n) is 6.10. The fourth-order valence-corrected chi connectivity index (χ4v) is 4.27. The predicted octanol–water partition coefficient (Wildman–Crippen LogP) is 8.42. The Bertz CT molecular complexity index is 1850. The number of nitrogens with zero attached hydrogens (tertiary/aromatic N) is 2. The minimum atomic E-state index is -0.349. The molecule has 0 fully saturated rings. The van der Waals surface area contributed by atoms with Crippen LogP contribution in [0.2, 0.25) is 20.4 Å². The Morgan fingerprint density at radius 1 is 0.622 bits per heavy atom. The molecule has 228 valence electrons. The van der Waals surface area contributed by atoms with Crippen molar-refractivity contribution in [1.29, 1.82) is 0 Å². The van der Waals surface area contributed by atoms with Crippen LogP contribution in [0.4, 0.5) is 22.7 Å². The van der Waals surface area contributed by atoms with Gasteiger partial charge < -0.3 is 21.7 Å². The quantitative estimate of drug-likeness (QED) is 0.105. The van der Waals surface area contributed by atoms with Gasteiger partial charge in [-0.2, -0.15) is 0 Å². The maximum absolute atomic E-state index is 12.5. The molecule has 0 aliphatic carbocycles. The summed E-state index contributed by atoms with van der Waals surface area (Å²) in [5.41, 5.74) is 9.67. The summed E-state index contributed by atoms with van der Waals surface area (Å²) in [5.74, 6) is -0.918. The summed E-state index contributed by atoms with van der Waals surface area (Å²) in [4.78, 5) is 44.4. The van der Waals surface area contributed by atoms with Crippen molar-refractivity contribution in [3.05, 3.63) is 140 Å². The van der Waals surface area contributed by atoms with Crippen molar-refractivity contribution in [3.8, 4) is 0 Å². The molecule has 0 aliphatic rings. The molecule has 0 saturated carbocycles. The summed E-state index contributed by atoms with van der Waals surface area (Å²) < 4.78 is 0. The van der Waals surface area contributed by atoms with Crippen molar-refractivity contribution in [2.75, 3.05) is 21.7 Å². The molecule has 5 rings (SSSR count). The highest BCUT2D eigenvalue weighted by Crippen LogP contribution is 2.27. The Kier molecular flexibility index (Phi) is 11.3. The molecule has 13 heteroatoms. The van der Waals surface area contributed by atoms with Crippen molar-refractivity contribution in [2.24, 2.45) is 0 Å². The van der Waals surface area contributed by atoms with Crippen LogP contribution in [0, 0.1) is 6.92 Å². The monoisotopic (exact) mass is 680 g/mol. The first-order chi connectivity index (χ1) is 21.5. The number of hydrogen-bond donors (Lipinski definition) is 4. The van der Waals surface area contributed by atoms with Gasteiger partial charge in [-0.3, -0.25) is 14.4 Å². The molecule has 5 N–H and O–H groups in total. The van der Waals surface area contributed by atoms with Crippen molar-refractivity contribution < 1.29 is 14.4 Å². The number of nitrogens with two attached hydrogens (primary N) is 1. The Labute approximate surface area is 278 Å². The highest BCUT2D eigenvalue weighted by Gasteiger charge is 2.13. The number of pyridine rings is 2. The van der Waals surface area contributed by atoms with E-state index in [1.807, 2.05) is 19.1 Å². The minimum absolute atomic E-state index is 0.277. The third kappa shape index (κ3) is 9.41. The maximum Gasteiger partial charge on any atom is 0.257 e. The number of anilines is 4. The number of rotatable bonds is 6. The Morgan fingerprint density at radius 3 is 1.67 bits per heavy atom. The lowest BCUT2D eigenvalue weighted by Gasteiger charge is -2.12. The molecule has 2 aromatic heterocycles. The van der Waals surface area contributed by atoms with Crippen LogP contribution in [0.1, 0.15) is 36.6 Å². The van der Waals surface area contributed by atoms with E-state index in [2.05, 4.69) is 25.9 Å². The van der Waals surface area contributed by atoms with Gasteiger partial charge in [0.2, 0.25) is 0 Å². The standard InChI is InChI=1S/C20H15Cl2N3O2.C12H9Cl2N3O/c1-12-4-2-3-5-15(12)20(27)25-17-10-14(7-8-16(17)21)24-19(26)13-6-9-18(22)23-11-13;13-9-3-2-8(5-10(9)15)17-12(18)7-1-4-11(14)16-6-7/h2-11H,1H3,(H,24,26)(H,25,27);1-6H,15H2,(H,17,18). The summed E-state index contributed by atoms with van der Waals surface area (Å²) in [5, 5.41) is 9.65. The molecular formula is C32H24Cl4N6O3. The Hall–Kier alpha value is -4.67. The van der Waals surface area contributed by atoms with Crippen LogP contribution in [0.5, 0.6) is 0 Å². The van der Waals surface area contributed by atoms with Gasteiger partial charge in [0, 0.05) is 29.3 Å². The lowest BCUT2D eigenvalue weighted by atomic mass is 10.1. The van der Waals surface area contributed by atoms with E-state index in [4.69, 9.17) is 52.1 Å². The molecule has 5 aromatic rings. The van der Waals surface area contributed by atoms with Crippen molar-refractivity contribution in [3.63, 3.8) is 0 Å². The third-order valence-corrected chi connectivity index (χ3v) is 7.22. The number of halogens is 4.